The van der Waals surface area contributed by atoms with E-state index < -0.39 is 10.0 Å². The molecule has 0 N–H and O–H groups in total. The largest absolute Gasteiger partial charge is 0.375 e. The van der Waals surface area contributed by atoms with Gasteiger partial charge in [0.1, 0.15) is 0 Å². The zero-order valence-corrected chi connectivity index (χ0v) is 19.4. The van der Waals surface area contributed by atoms with Crippen LogP contribution >= 0.6 is 0 Å². The van der Waals surface area contributed by atoms with E-state index in [0.717, 1.165) is 27.5 Å². The van der Waals surface area contributed by atoms with E-state index in [4.69, 9.17) is 10.00 Å². The second-order valence-electron chi connectivity index (χ2n) is 8.51. The lowest BCUT2D eigenvalue weighted by Gasteiger charge is -2.36. The molecule has 1 unspecified atom stereocenters. The summed E-state index contributed by atoms with van der Waals surface area (Å²) in [6.07, 6.45) is 0.594. The molecule has 1 atom stereocenters. The summed E-state index contributed by atoms with van der Waals surface area (Å²) in [4.78, 5) is 0.294. The van der Waals surface area contributed by atoms with Gasteiger partial charge in [-0.2, -0.15) is 9.57 Å². The van der Waals surface area contributed by atoms with E-state index in [1.54, 1.807) is 28.6 Å². The number of rotatable bonds is 6. The van der Waals surface area contributed by atoms with Crippen molar-refractivity contribution >= 4 is 20.8 Å². The van der Waals surface area contributed by atoms with Crippen LogP contribution in [0, 0.1) is 11.3 Å². The molecule has 0 amide bonds. The fraction of sp³-hybridized carbons (Fsp3) is 0.179. The summed E-state index contributed by atoms with van der Waals surface area (Å²) in [6, 6.07) is 30.1. The first kappa shape index (κ1) is 22.3. The van der Waals surface area contributed by atoms with Gasteiger partial charge in [-0.05, 0) is 58.1 Å². The number of nitrogens with zero attached hydrogens (tertiary/aromatic N) is 2. The van der Waals surface area contributed by atoms with Crippen LogP contribution in [0.1, 0.15) is 22.3 Å². The van der Waals surface area contributed by atoms with E-state index in [1.165, 1.54) is 0 Å². The normalized spacial score (nSPS) is 16.1. The number of hydrogen-bond donors (Lipinski definition) is 0. The molecular weight excluding hydrogens is 444 g/mol. The minimum atomic E-state index is -3.73. The maximum Gasteiger partial charge on any atom is 0.243 e. The Bertz CT molecular complexity index is 1470. The number of hydrogen-bond acceptors (Lipinski definition) is 4. The predicted octanol–water partition coefficient (Wildman–Crippen LogP) is 5.04. The van der Waals surface area contributed by atoms with Gasteiger partial charge in [-0.25, -0.2) is 8.42 Å². The minimum Gasteiger partial charge on any atom is -0.375 e. The molecule has 0 fully saturated rings. The van der Waals surface area contributed by atoms with Crippen LogP contribution < -0.4 is 0 Å². The van der Waals surface area contributed by atoms with E-state index >= 15 is 0 Å². The highest BCUT2D eigenvalue weighted by Gasteiger charge is 2.35. The summed E-state index contributed by atoms with van der Waals surface area (Å²) in [5.41, 5.74) is 3.72. The van der Waals surface area contributed by atoms with Crippen LogP contribution in [-0.2, 0) is 34.3 Å². The Morgan fingerprint density at radius 3 is 2.35 bits per heavy atom. The second kappa shape index (κ2) is 9.40. The van der Waals surface area contributed by atoms with Gasteiger partial charge in [-0.3, -0.25) is 0 Å². The highest BCUT2D eigenvalue weighted by atomic mass is 32.2. The third-order valence-corrected chi connectivity index (χ3v) is 8.19. The summed E-state index contributed by atoms with van der Waals surface area (Å²) < 4.78 is 35.2. The van der Waals surface area contributed by atoms with Gasteiger partial charge in [-0.1, -0.05) is 66.7 Å². The minimum absolute atomic E-state index is 0.279. The molecule has 0 spiro atoms. The summed E-state index contributed by atoms with van der Waals surface area (Å²) in [7, 11) is -3.73. The molecule has 4 aromatic carbocycles. The van der Waals surface area contributed by atoms with Crippen LogP contribution in [0.3, 0.4) is 0 Å². The van der Waals surface area contributed by atoms with Crippen LogP contribution in [-0.4, -0.2) is 25.4 Å². The van der Waals surface area contributed by atoms with Crippen molar-refractivity contribution in [2.45, 2.75) is 30.5 Å². The zero-order valence-electron chi connectivity index (χ0n) is 18.6. The molecule has 0 saturated heterocycles. The van der Waals surface area contributed by atoms with Crippen molar-refractivity contribution in [2.24, 2.45) is 0 Å². The lowest BCUT2D eigenvalue weighted by Crippen LogP contribution is -2.46. The van der Waals surface area contributed by atoms with E-state index in [0.29, 0.717) is 30.0 Å². The lowest BCUT2D eigenvalue weighted by atomic mass is 9.96. The summed E-state index contributed by atoms with van der Waals surface area (Å²) in [5, 5.41) is 10.9. The molecule has 0 radical (unpaired) electrons. The molecule has 1 aliphatic rings. The van der Waals surface area contributed by atoms with Gasteiger partial charge in [0.05, 0.1) is 35.8 Å². The smallest absolute Gasteiger partial charge is 0.243 e. The summed E-state index contributed by atoms with van der Waals surface area (Å²) in [5.74, 6) is 0. The van der Waals surface area contributed by atoms with Crippen molar-refractivity contribution < 1.29 is 13.2 Å². The molecule has 6 heteroatoms. The maximum atomic E-state index is 13.8. The highest BCUT2D eigenvalue weighted by molar-refractivity contribution is 7.89. The van der Waals surface area contributed by atoms with Gasteiger partial charge >= 0.3 is 0 Å². The summed E-state index contributed by atoms with van der Waals surface area (Å²) in [6.45, 7) is 0.949. The van der Waals surface area contributed by atoms with Gasteiger partial charge in [0.15, 0.2) is 0 Å². The molecule has 4 aromatic rings. The van der Waals surface area contributed by atoms with Gasteiger partial charge < -0.3 is 4.74 Å². The molecule has 1 heterocycles. The van der Waals surface area contributed by atoms with E-state index in [9.17, 15) is 8.42 Å². The van der Waals surface area contributed by atoms with Crippen LogP contribution in [0.5, 0.6) is 0 Å². The molecule has 0 aromatic heterocycles. The zero-order chi connectivity index (χ0) is 23.5. The number of nitriles is 1. The van der Waals surface area contributed by atoms with Crippen LogP contribution in [0.25, 0.3) is 10.8 Å². The second-order valence-corrected chi connectivity index (χ2v) is 10.4. The molecule has 34 heavy (non-hydrogen) atoms. The topological polar surface area (TPSA) is 70.4 Å². The number of fused-ring (bicyclic) bond motifs is 2. The monoisotopic (exact) mass is 468 g/mol. The van der Waals surface area contributed by atoms with Gasteiger partial charge in [0.2, 0.25) is 10.0 Å². The Hall–Kier alpha value is -3.50. The number of ether oxygens (including phenoxy) is 1. The molecule has 0 saturated carbocycles. The SMILES string of the molecule is N#Cc1ccc(COCC2Cc3ccccc3CN2S(=O)(=O)c2ccc3ccccc3c2)cc1. The lowest BCUT2D eigenvalue weighted by molar-refractivity contribution is 0.0720. The average Bonchev–Trinajstić information content (AvgIpc) is 2.88. The van der Waals surface area contributed by atoms with Crippen molar-refractivity contribution in [1.82, 2.24) is 4.31 Å². The van der Waals surface area contributed by atoms with Crippen molar-refractivity contribution in [2.75, 3.05) is 6.61 Å². The van der Waals surface area contributed by atoms with Crippen LogP contribution in [0.2, 0.25) is 0 Å². The van der Waals surface area contributed by atoms with Gasteiger partial charge in [0, 0.05) is 6.54 Å². The van der Waals surface area contributed by atoms with E-state index in [1.807, 2.05) is 60.7 Å². The molecule has 5 nitrogen and oxygen atoms in total. The quantitative estimate of drug-likeness (QED) is 0.397. The third kappa shape index (κ3) is 4.46. The Kier molecular flexibility index (Phi) is 6.16. The van der Waals surface area contributed by atoms with Crippen LogP contribution in [0.4, 0.5) is 0 Å². The van der Waals surface area contributed by atoms with Crippen molar-refractivity contribution in [3.63, 3.8) is 0 Å². The third-order valence-electron chi connectivity index (χ3n) is 6.30. The Labute approximate surface area is 199 Å². The fourth-order valence-corrected chi connectivity index (χ4v) is 6.06. The Morgan fingerprint density at radius 2 is 1.59 bits per heavy atom. The van der Waals surface area contributed by atoms with Crippen molar-refractivity contribution in [3.05, 3.63) is 113 Å². The molecular formula is C28H24N2O3S. The predicted molar refractivity (Wildman–Crippen MR) is 131 cm³/mol. The van der Waals surface area contributed by atoms with Gasteiger partial charge in [0.25, 0.3) is 0 Å². The summed E-state index contributed by atoms with van der Waals surface area (Å²) >= 11 is 0. The van der Waals surface area contributed by atoms with E-state index in [-0.39, 0.29) is 12.6 Å². The first-order valence-electron chi connectivity index (χ1n) is 11.2. The van der Waals surface area contributed by atoms with Crippen molar-refractivity contribution in [1.29, 1.82) is 5.26 Å². The van der Waals surface area contributed by atoms with E-state index in [2.05, 4.69) is 12.1 Å². The Balaban J connectivity index is 1.41. The first-order chi connectivity index (χ1) is 16.5. The number of benzene rings is 4. The average molecular weight is 469 g/mol. The Morgan fingerprint density at radius 1 is 0.882 bits per heavy atom. The maximum absolute atomic E-state index is 13.8. The molecule has 1 aliphatic heterocycles. The van der Waals surface area contributed by atoms with Gasteiger partial charge in [-0.15, -0.1) is 0 Å². The van der Waals surface area contributed by atoms with Crippen LogP contribution in [0.15, 0.2) is 95.9 Å². The fourth-order valence-electron chi connectivity index (χ4n) is 4.44. The standard InChI is InChI=1S/C28H24N2O3S/c29-17-21-9-11-22(12-10-21)19-33-20-27-15-24-6-3-4-8-26(24)18-30(27)34(31,32)28-14-13-23-5-1-2-7-25(23)16-28/h1-14,16,27H,15,18-20H2. The molecule has 170 valence electrons. The van der Waals surface area contributed by atoms with Crippen molar-refractivity contribution in [3.8, 4) is 6.07 Å². The highest BCUT2D eigenvalue weighted by Crippen LogP contribution is 2.30. The molecule has 0 bridgehead atoms. The molecule has 5 rings (SSSR count). The first-order valence-corrected chi connectivity index (χ1v) is 12.6. The number of sulfonamides is 1. The molecule has 0 aliphatic carbocycles.